The van der Waals surface area contributed by atoms with E-state index in [1.165, 1.54) is 0 Å². The predicted molar refractivity (Wildman–Crippen MR) is 76.1 cm³/mol. The number of nitrogens with zero attached hydrogens (tertiary/aromatic N) is 3. The minimum Gasteiger partial charge on any atom is -0.396 e. The van der Waals surface area contributed by atoms with Crippen LogP contribution in [0.25, 0.3) is 0 Å². The van der Waals surface area contributed by atoms with Crippen LogP contribution in [-0.4, -0.2) is 59.0 Å². The van der Waals surface area contributed by atoms with Gasteiger partial charge >= 0.3 is 0 Å². The maximum Gasteiger partial charge on any atom is 0.239 e. The van der Waals surface area contributed by atoms with E-state index in [1.54, 1.807) is 17.1 Å². The van der Waals surface area contributed by atoms with E-state index in [9.17, 15) is 4.79 Å². The van der Waals surface area contributed by atoms with Crippen molar-refractivity contribution in [2.45, 2.75) is 32.5 Å². The van der Waals surface area contributed by atoms with Crippen LogP contribution >= 0.6 is 0 Å². The Morgan fingerprint density at radius 2 is 2.40 bits per heavy atom. The molecule has 1 fully saturated rings. The number of morpholine rings is 1. The van der Waals surface area contributed by atoms with Crippen LogP contribution in [0.3, 0.4) is 0 Å². The van der Waals surface area contributed by atoms with Gasteiger partial charge < -0.3 is 15.8 Å². The van der Waals surface area contributed by atoms with Crippen LogP contribution in [0.1, 0.15) is 13.8 Å². The number of anilines is 1. The van der Waals surface area contributed by atoms with Gasteiger partial charge in [0.25, 0.3) is 0 Å². The van der Waals surface area contributed by atoms with Gasteiger partial charge in [0.2, 0.25) is 5.91 Å². The number of carbonyl (C=O) groups excluding carboxylic acids is 1. The molecule has 0 aliphatic carbocycles. The molecule has 0 aromatic carbocycles. The third-order valence-electron chi connectivity index (χ3n) is 3.24. The molecule has 7 nitrogen and oxygen atoms in total. The van der Waals surface area contributed by atoms with Gasteiger partial charge in [0.1, 0.15) is 6.04 Å². The first-order valence-electron chi connectivity index (χ1n) is 6.96. The SMILES string of the molecule is CC(C)NC(=O)C1COCCN1CCn1cc(N)cn1. The number of aromatic nitrogens is 2. The van der Waals surface area contributed by atoms with Crippen molar-refractivity contribution in [1.29, 1.82) is 0 Å². The first-order valence-corrected chi connectivity index (χ1v) is 6.96. The van der Waals surface area contributed by atoms with Crippen LogP contribution in [0.15, 0.2) is 12.4 Å². The fraction of sp³-hybridized carbons (Fsp3) is 0.692. The number of carbonyl (C=O) groups is 1. The Morgan fingerprint density at radius 3 is 3.05 bits per heavy atom. The van der Waals surface area contributed by atoms with Crippen molar-refractivity contribution < 1.29 is 9.53 Å². The van der Waals surface area contributed by atoms with E-state index in [0.29, 0.717) is 25.4 Å². The summed E-state index contributed by atoms with van der Waals surface area (Å²) in [5, 5.41) is 7.09. The highest BCUT2D eigenvalue weighted by Gasteiger charge is 2.29. The van der Waals surface area contributed by atoms with E-state index in [4.69, 9.17) is 10.5 Å². The Hall–Kier alpha value is -1.60. The van der Waals surface area contributed by atoms with Gasteiger partial charge in [-0.25, -0.2) is 0 Å². The van der Waals surface area contributed by atoms with Crippen LogP contribution in [0.4, 0.5) is 5.69 Å². The third kappa shape index (κ3) is 3.94. The summed E-state index contributed by atoms with van der Waals surface area (Å²) in [5.74, 6) is 0.0275. The summed E-state index contributed by atoms with van der Waals surface area (Å²) in [4.78, 5) is 14.3. The van der Waals surface area contributed by atoms with Gasteiger partial charge in [-0.05, 0) is 13.8 Å². The van der Waals surface area contributed by atoms with Crippen molar-refractivity contribution in [1.82, 2.24) is 20.0 Å². The molecule has 2 rings (SSSR count). The van der Waals surface area contributed by atoms with Crippen molar-refractivity contribution in [3.8, 4) is 0 Å². The first kappa shape index (κ1) is 14.8. The van der Waals surface area contributed by atoms with Crippen LogP contribution in [0.2, 0.25) is 0 Å². The lowest BCUT2D eigenvalue weighted by molar-refractivity contribution is -0.133. The first-order chi connectivity index (χ1) is 9.56. The van der Waals surface area contributed by atoms with Crippen LogP contribution in [0.5, 0.6) is 0 Å². The van der Waals surface area contributed by atoms with Crippen molar-refractivity contribution in [2.75, 3.05) is 32.0 Å². The van der Waals surface area contributed by atoms with E-state index in [-0.39, 0.29) is 18.0 Å². The topological polar surface area (TPSA) is 85.4 Å². The van der Waals surface area contributed by atoms with Gasteiger partial charge in [0, 0.05) is 25.3 Å². The molecule has 0 spiro atoms. The summed E-state index contributed by atoms with van der Waals surface area (Å²) in [7, 11) is 0. The Morgan fingerprint density at radius 1 is 1.60 bits per heavy atom. The van der Waals surface area contributed by atoms with Crippen molar-refractivity contribution in [2.24, 2.45) is 0 Å². The summed E-state index contributed by atoms with van der Waals surface area (Å²) in [6, 6.07) is -0.0868. The molecule has 1 amide bonds. The number of hydrogen-bond acceptors (Lipinski definition) is 5. The van der Waals surface area contributed by atoms with Crippen LogP contribution < -0.4 is 11.1 Å². The molecule has 112 valence electrons. The van der Waals surface area contributed by atoms with Crippen molar-refractivity contribution >= 4 is 11.6 Å². The van der Waals surface area contributed by atoms with Gasteiger partial charge in [-0.1, -0.05) is 0 Å². The van der Waals surface area contributed by atoms with E-state index in [2.05, 4.69) is 15.3 Å². The standard InChI is InChI=1S/C13H23N5O2/c1-10(2)16-13(19)12-9-20-6-5-17(12)3-4-18-8-11(14)7-15-18/h7-8,10,12H,3-6,9,14H2,1-2H3,(H,16,19). The molecule has 1 aromatic heterocycles. The second-order valence-electron chi connectivity index (χ2n) is 5.33. The molecule has 20 heavy (non-hydrogen) atoms. The summed E-state index contributed by atoms with van der Waals surface area (Å²) in [6.07, 6.45) is 3.42. The second-order valence-corrected chi connectivity index (χ2v) is 5.33. The minimum absolute atomic E-state index is 0.0275. The van der Waals surface area contributed by atoms with E-state index >= 15 is 0 Å². The average Bonchev–Trinajstić information content (AvgIpc) is 2.82. The highest BCUT2D eigenvalue weighted by atomic mass is 16.5. The van der Waals surface area contributed by atoms with Crippen molar-refractivity contribution in [3.05, 3.63) is 12.4 Å². The fourth-order valence-corrected chi connectivity index (χ4v) is 2.26. The summed E-state index contributed by atoms with van der Waals surface area (Å²) >= 11 is 0. The maximum atomic E-state index is 12.2. The molecule has 7 heteroatoms. The summed E-state index contributed by atoms with van der Waals surface area (Å²) in [5.41, 5.74) is 6.29. The Kier molecular flexibility index (Phi) is 4.97. The van der Waals surface area contributed by atoms with Gasteiger partial charge in [-0.15, -0.1) is 0 Å². The highest BCUT2D eigenvalue weighted by molar-refractivity contribution is 5.82. The van der Waals surface area contributed by atoms with E-state index in [0.717, 1.165) is 13.1 Å². The quantitative estimate of drug-likeness (QED) is 0.773. The molecule has 0 radical (unpaired) electrons. The Labute approximate surface area is 119 Å². The molecule has 1 saturated heterocycles. The van der Waals surface area contributed by atoms with Gasteiger partial charge in [-0.2, -0.15) is 5.10 Å². The number of nitrogens with two attached hydrogens (primary N) is 1. The molecule has 1 unspecified atom stereocenters. The summed E-state index contributed by atoms with van der Waals surface area (Å²) < 4.78 is 7.22. The van der Waals surface area contributed by atoms with Gasteiger partial charge in [-0.3, -0.25) is 14.4 Å². The molecule has 1 atom stereocenters. The molecule has 3 N–H and O–H groups in total. The number of amides is 1. The molecule has 0 bridgehead atoms. The zero-order valence-corrected chi connectivity index (χ0v) is 12.1. The average molecular weight is 281 g/mol. The lowest BCUT2D eigenvalue weighted by atomic mass is 10.2. The lowest BCUT2D eigenvalue weighted by Gasteiger charge is -2.34. The molecule has 2 heterocycles. The normalized spacial score (nSPS) is 20.2. The number of nitrogen functional groups attached to an aromatic ring is 1. The number of hydrogen-bond donors (Lipinski definition) is 2. The van der Waals surface area contributed by atoms with Gasteiger partial charge in [0.15, 0.2) is 0 Å². The van der Waals surface area contributed by atoms with Crippen LogP contribution in [-0.2, 0) is 16.1 Å². The lowest BCUT2D eigenvalue weighted by Crippen LogP contribution is -2.55. The Bertz CT molecular complexity index is 446. The van der Waals surface area contributed by atoms with Crippen molar-refractivity contribution in [3.63, 3.8) is 0 Å². The highest BCUT2D eigenvalue weighted by Crippen LogP contribution is 2.08. The largest absolute Gasteiger partial charge is 0.396 e. The molecule has 1 aromatic rings. The van der Waals surface area contributed by atoms with E-state index in [1.807, 2.05) is 13.8 Å². The smallest absolute Gasteiger partial charge is 0.239 e. The van der Waals surface area contributed by atoms with Crippen LogP contribution in [0, 0.1) is 0 Å². The maximum absolute atomic E-state index is 12.2. The monoisotopic (exact) mass is 281 g/mol. The number of nitrogens with one attached hydrogen (secondary N) is 1. The minimum atomic E-state index is -0.223. The molecule has 1 aliphatic rings. The van der Waals surface area contributed by atoms with Gasteiger partial charge in [0.05, 0.1) is 31.6 Å². The zero-order valence-electron chi connectivity index (χ0n) is 12.1. The van der Waals surface area contributed by atoms with E-state index < -0.39 is 0 Å². The third-order valence-corrected chi connectivity index (χ3v) is 3.24. The second kappa shape index (κ2) is 6.71. The molecular weight excluding hydrogens is 258 g/mol. The predicted octanol–water partition coefficient (Wildman–Crippen LogP) is -0.309. The molecular formula is C13H23N5O2. The number of rotatable bonds is 5. The molecule has 1 aliphatic heterocycles. The number of ether oxygens (including phenoxy) is 1. The zero-order chi connectivity index (χ0) is 14.5. The fourth-order valence-electron chi connectivity index (χ4n) is 2.26. The summed E-state index contributed by atoms with van der Waals surface area (Å²) in [6.45, 7) is 7.24. The Balaban J connectivity index is 1.91. The molecule has 0 saturated carbocycles.